The molecule has 6 heteroatoms. The molecule has 0 aliphatic carbocycles. The molecule has 0 atom stereocenters. The fraction of sp³-hybridized carbons (Fsp3) is 0.222. The number of hydrogen-bond acceptors (Lipinski definition) is 4. The first-order valence-corrected chi connectivity index (χ1v) is 5.20. The van der Waals surface area contributed by atoms with Crippen molar-refractivity contribution in [3.8, 4) is 0 Å². The predicted molar refractivity (Wildman–Crippen MR) is 57.8 cm³/mol. The van der Waals surface area contributed by atoms with Gasteiger partial charge in [0.1, 0.15) is 10.5 Å². The standard InChI is InChI=1S/C9H9N3O2S/c1-12(5-13)4-7-10-6-2-3-15-8(6)9(14)11-7/h2-3,5H,4H2,1H3,(H,10,11,14). The van der Waals surface area contributed by atoms with E-state index >= 15 is 0 Å². The van der Waals surface area contributed by atoms with Crippen LogP contribution in [0.4, 0.5) is 0 Å². The number of fused-ring (bicyclic) bond motifs is 1. The van der Waals surface area contributed by atoms with E-state index < -0.39 is 0 Å². The minimum Gasteiger partial charge on any atom is -0.341 e. The van der Waals surface area contributed by atoms with Crippen molar-refractivity contribution in [3.63, 3.8) is 0 Å². The quantitative estimate of drug-likeness (QED) is 0.774. The van der Waals surface area contributed by atoms with E-state index in [4.69, 9.17) is 0 Å². The molecule has 15 heavy (non-hydrogen) atoms. The second-order valence-corrected chi connectivity index (χ2v) is 4.08. The zero-order valence-corrected chi connectivity index (χ0v) is 8.87. The van der Waals surface area contributed by atoms with Gasteiger partial charge in [-0.25, -0.2) is 4.98 Å². The van der Waals surface area contributed by atoms with Gasteiger partial charge >= 0.3 is 0 Å². The molecule has 0 radical (unpaired) electrons. The first-order valence-electron chi connectivity index (χ1n) is 4.32. The Morgan fingerprint density at radius 1 is 1.67 bits per heavy atom. The smallest absolute Gasteiger partial charge is 0.268 e. The van der Waals surface area contributed by atoms with Crippen LogP contribution < -0.4 is 5.56 Å². The molecule has 0 saturated carbocycles. The van der Waals surface area contributed by atoms with Crippen LogP contribution in [0, 0.1) is 0 Å². The van der Waals surface area contributed by atoms with E-state index in [0.717, 1.165) is 0 Å². The van der Waals surface area contributed by atoms with Crippen molar-refractivity contribution in [3.05, 3.63) is 27.6 Å². The second kappa shape index (κ2) is 3.82. The van der Waals surface area contributed by atoms with Crippen LogP contribution in [-0.4, -0.2) is 28.3 Å². The van der Waals surface area contributed by atoms with Crippen LogP contribution in [0.2, 0.25) is 0 Å². The average Bonchev–Trinajstić information content (AvgIpc) is 2.66. The van der Waals surface area contributed by atoms with Crippen LogP contribution in [0.5, 0.6) is 0 Å². The van der Waals surface area contributed by atoms with E-state index in [1.54, 1.807) is 13.1 Å². The van der Waals surface area contributed by atoms with Crippen LogP contribution in [0.1, 0.15) is 5.82 Å². The van der Waals surface area contributed by atoms with Crippen LogP contribution >= 0.6 is 11.3 Å². The lowest BCUT2D eigenvalue weighted by Gasteiger charge is -2.08. The lowest BCUT2D eigenvalue weighted by atomic mass is 10.4. The molecule has 1 amide bonds. The summed E-state index contributed by atoms with van der Waals surface area (Å²) in [7, 11) is 1.63. The Morgan fingerprint density at radius 3 is 3.20 bits per heavy atom. The topological polar surface area (TPSA) is 66.1 Å². The molecule has 0 spiro atoms. The molecule has 2 aromatic rings. The number of H-pyrrole nitrogens is 1. The Bertz CT molecular complexity index is 546. The van der Waals surface area contributed by atoms with Crippen molar-refractivity contribution in [2.75, 3.05) is 7.05 Å². The summed E-state index contributed by atoms with van der Waals surface area (Å²) in [5.41, 5.74) is 0.530. The number of aromatic amines is 1. The van der Waals surface area contributed by atoms with Gasteiger partial charge in [-0.1, -0.05) is 0 Å². The zero-order valence-electron chi connectivity index (χ0n) is 8.06. The van der Waals surface area contributed by atoms with Crippen molar-refractivity contribution in [1.82, 2.24) is 14.9 Å². The molecule has 1 N–H and O–H groups in total. The van der Waals surface area contributed by atoms with Crippen molar-refractivity contribution in [1.29, 1.82) is 0 Å². The van der Waals surface area contributed by atoms with Crippen molar-refractivity contribution in [2.24, 2.45) is 0 Å². The maximum atomic E-state index is 11.5. The third kappa shape index (κ3) is 1.89. The summed E-state index contributed by atoms with van der Waals surface area (Å²) in [5.74, 6) is 0.500. The average molecular weight is 223 g/mol. The zero-order chi connectivity index (χ0) is 10.8. The first kappa shape index (κ1) is 9.85. The number of aromatic nitrogens is 2. The molecular formula is C9H9N3O2S. The maximum Gasteiger partial charge on any atom is 0.268 e. The molecule has 0 aromatic carbocycles. The van der Waals surface area contributed by atoms with Crippen LogP contribution in [0.25, 0.3) is 10.2 Å². The lowest BCUT2D eigenvalue weighted by Crippen LogP contribution is -2.20. The molecule has 78 valence electrons. The Morgan fingerprint density at radius 2 is 2.47 bits per heavy atom. The van der Waals surface area contributed by atoms with Crippen LogP contribution in [0.15, 0.2) is 16.2 Å². The lowest BCUT2D eigenvalue weighted by molar-refractivity contribution is -0.117. The summed E-state index contributed by atoms with van der Waals surface area (Å²) >= 11 is 1.36. The highest BCUT2D eigenvalue weighted by Crippen LogP contribution is 2.13. The molecule has 0 bridgehead atoms. The highest BCUT2D eigenvalue weighted by Gasteiger charge is 2.05. The van der Waals surface area contributed by atoms with Gasteiger partial charge in [-0.05, 0) is 11.4 Å². The highest BCUT2D eigenvalue weighted by atomic mass is 32.1. The summed E-state index contributed by atoms with van der Waals surface area (Å²) in [6.45, 7) is 0.310. The Hall–Kier alpha value is -1.69. The number of hydrogen-bond donors (Lipinski definition) is 1. The minimum absolute atomic E-state index is 0.149. The van der Waals surface area contributed by atoms with Crippen LogP contribution in [0.3, 0.4) is 0 Å². The van der Waals surface area contributed by atoms with E-state index in [1.165, 1.54) is 16.2 Å². The molecule has 2 heterocycles. The van der Waals surface area contributed by atoms with Crippen molar-refractivity contribution >= 4 is 28.0 Å². The van der Waals surface area contributed by atoms with Crippen molar-refractivity contribution in [2.45, 2.75) is 6.54 Å². The number of carbonyl (C=O) groups excluding carboxylic acids is 1. The fourth-order valence-electron chi connectivity index (χ4n) is 1.27. The number of rotatable bonds is 3. The van der Waals surface area contributed by atoms with Gasteiger partial charge in [0.15, 0.2) is 0 Å². The van der Waals surface area contributed by atoms with Crippen molar-refractivity contribution < 1.29 is 4.79 Å². The van der Waals surface area contributed by atoms with Gasteiger partial charge in [-0.2, -0.15) is 0 Å². The molecule has 0 aliphatic rings. The van der Waals surface area contributed by atoms with E-state index in [0.29, 0.717) is 29.0 Å². The van der Waals surface area contributed by atoms with Gasteiger partial charge in [-0.3, -0.25) is 9.59 Å². The van der Waals surface area contributed by atoms with Gasteiger partial charge in [-0.15, -0.1) is 11.3 Å². The molecule has 0 saturated heterocycles. The molecule has 2 rings (SSSR count). The van der Waals surface area contributed by atoms with Gasteiger partial charge in [0.25, 0.3) is 5.56 Å². The number of carbonyl (C=O) groups is 1. The third-order valence-corrected chi connectivity index (χ3v) is 2.85. The fourth-order valence-corrected chi connectivity index (χ4v) is 2.00. The number of amides is 1. The van der Waals surface area contributed by atoms with Gasteiger partial charge in [0, 0.05) is 7.05 Å². The van der Waals surface area contributed by atoms with E-state index in [1.807, 2.05) is 5.38 Å². The van der Waals surface area contributed by atoms with Gasteiger partial charge in [0.05, 0.1) is 12.1 Å². The molecule has 5 nitrogen and oxygen atoms in total. The summed E-state index contributed by atoms with van der Waals surface area (Å²) < 4.78 is 0.618. The summed E-state index contributed by atoms with van der Waals surface area (Å²) in [4.78, 5) is 30.3. The van der Waals surface area contributed by atoms with Crippen LogP contribution in [-0.2, 0) is 11.3 Å². The monoisotopic (exact) mass is 223 g/mol. The minimum atomic E-state index is -0.149. The van der Waals surface area contributed by atoms with E-state index in [-0.39, 0.29) is 5.56 Å². The maximum absolute atomic E-state index is 11.5. The summed E-state index contributed by atoms with van der Waals surface area (Å²) in [5, 5.41) is 1.82. The van der Waals surface area contributed by atoms with Gasteiger partial charge < -0.3 is 9.88 Å². The predicted octanol–water partition coefficient (Wildman–Crippen LogP) is 0.573. The molecule has 0 fully saturated rings. The van der Waals surface area contributed by atoms with E-state index in [9.17, 15) is 9.59 Å². The molecule has 2 aromatic heterocycles. The Kier molecular flexibility index (Phi) is 2.51. The SMILES string of the molecule is CN(C=O)Cc1nc2ccsc2c(=O)[nH]1. The Balaban J connectivity index is 2.45. The number of nitrogens with one attached hydrogen (secondary N) is 1. The summed E-state index contributed by atoms with van der Waals surface area (Å²) in [6.07, 6.45) is 0.692. The highest BCUT2D eigenvalue weighted by molar-refractivity contribution is 7.17. The van der Waals surface area contributed by atoms with E-state index in [2.05, 4.69) is 9.97 Å². The second-order valence-electron chi connectivity index (χ2n) is 3.17. The number of nitrogens with zero attached hydrogens (tertiary/aromatic N) is 2. The first-order chi connectivity index (χ1) is 7.20. The molecule has 0 unspecified atom stereocenters. The molecular weight excluding hydrogens is 214 g/mol. The normalized spacial score (nSPS) is 10.5. The van der Waals surface area contributed by atoms with Gasteiger partial charge in [0.2, 0.25) is 6.41 Å². The Labute approximate surface area is 89.4 Å². The summed E-state index contributed by atoms with van der Waals surface area (Å²) in [6, 6.07) is 1.79. The number of thiophene rings is 1. The molecule has 0 aliphatic heterocycles. The third-order valence-electron chi connectivity index (χ3n) is 1.94. The largest absolute Gasteiger partial charge is 0.341 e.